The molecule has 0 aliphatic rings. The van der Waals surface area contributed by atoms with E-state index < -0.39 is 8.77 Å². The third kappa shape index (κ3) is 4.12. The summed E-state index contributed by atoms with van der Waals surface area (Å²) in [6.45, 7) is 0. The van der Waals surface area contributed by atoms with Gasteiger partial charge in [0.15, 0.2) is 8.77 Å². The van der Waals surface area contributed by atoms with Gasteiger partial charge in [0.05, 0.1) is 4.90 Å². The third-order valence-electron chi connectivity index (χ3n) is 1.11. The van der Waals surface area contributed by atoms with E-state index in [1.165, 1.54) is 24.3 Å². The number of hydrogen-bond donors (Lipinski definition) is 1. The van der Waals surface area contributed by atoms with Crippen molar-refractivity contribution in [3.8, 4) is 0 Å². The maximum Gasteiger partial charge on any atom is 1.00 e. The Morgan fingerprint density at radius 1 is 1.42 bits per heavy atom. The molecule has 0 aromatic heterocycles. The van der Waals surface area contributed by atoms with Crippen LogP contribution in [0.1, 0.15) is 1.43 Å². The second-order valence-corrected chi connectivity index (χ2v) is 5.14. The number of benzene rings is 1. The largest absolute Gasteiger partial charge is 1.00 e. The van der Waals surface area contributed by atoms with E-state index in [2.05, 4.69) is 11.2 Å². The van der Waals surface area contributed by atoms with Crippen molar-refractivity contribution in [3.05, 3.63) is 29.3 Å². The van der Waals surface area contributed by atoms with E-state index in [1.54, 1.807) is 0 Å². The van der Waals surface area contributed by atoms with Gasteiger partial charge < -0.3 is 5.98 Å². The van der Waals surface area contributed by atoms with E-state index in [4.69, 9.17) is 16.2 Å². The molecule has 0 spiro atoms. The quantitative estimate of drug-likeness (QED) is 0.651. The van der Waals surface area contributed by atoms with E-state index in [9.17, 15) is 4.21 Å². The normalized spacial score (nSPS) is 14.5. The zero-order chi connectivity index (χ0) is 8.48. The molecule has 1 N–H and O–H groups in total. The number of rotatable bonds is 1. The first-order chi connectivity index (χ1) is 5.00. The van der Waals surface area contributed by atoms with Crippen molar-refractivity contribution >= 4 is 31.6 Å². The van der Waals surface area contributed by atoms with Gasteiger partial charge in [0.25, 0.3) is 0 Å². The summed E-state index contributed by atoms with van der Waals surface area (Å²) in [4.78, 5) is 0.219. The predicted molar refractivity (Wildman–Crippen MR) is 49.0 cm³/mol. The molecule has 1 aromatic rings. The summed E-state index contributed by atoms with van der Waals surface area (Å²) in [6.07, 6.45) is 0. The van der Waals surface area contributed by atoms with Crippen molar-refractivity contribution in [1.82, 2.24) is 0 Å². The first-order valence-corrected chi connectivity index (χ1v) is 5.55. The van der Waals surface area contributed by atoms with E-state index in [1.807, 2.05) is 0 Å². The second kappa shape index (κ2) is 5.38. The molecular formula is C6H6ClKO2S2. The number of hydrogen-bond acceptors (Lipinski definition) is 2. The van der Waals surface area contributed by atoms with Crippen LogP contribution < -0.4 is 51.4 Å². The second-order valence-electron chi connectivity index (χ2n) is 1.93. The number of halogens is 1. The van der Waals surface area contributed by atoms with Crippen molar-refractivity contribution in [2.24, 2.45) is 0 Å². The Labute approximate surface area is 125 Å². The predicted octanol–water partition coefficient (Wildman–Crippen LogP) is -0.965. The molecule has 1 atom stereocenters. The summed E-state index contributed by atoms with van der Waals surface area (Å²) in [5.41, 5.74) is 0. The van der Waals surface area contributed by atoms with Gasteiger partial charge in [-0.15, -0.1) is 0 Å². The van der Waals surface area contributed by atoms with E-state index in [0.29, 0.717) is 5.02 Å². The molecule has 0 saturated carbocycles. The van der Waals surface area contributed by atoms with Crippen LogP contribution in [-0.4, -0.2) is 8.76 Å². The summed E-state index contributed by atoms with van der Waals surface area (Å²) in [5.74, 6) is 0. The molecule has 1 aromatic carbocycles. The van der Waals surface area contributed by atoms with Crippen LogP contribution in [0.25, 0.3) is 0 Å². The standard InChI is InChI=1S/C6H5ClO2S2.K.H/c7-5-1-3-6(4-2-5)11(8,9)10;;/h1-4H,(H,8,9,10);;/q;+1;-1. The Balaban J connectivity index is 0. The molecule has 62 valence electrons. The van der Waals surface area contributed by atoms with Gasteiger partial charge >= 0.3 is 51.4 Å². The van der Waals surface area contributed by atoms with Gasteiger partial charge in [-0.05, 0) is 24.3 Å². The molecule has 1 unspecified atom stereocenters. The van der Waals surface area contributed by atoms with Gasteiger partial charge in [-0.2, -0.15) is 0 Å². The van der Waals surface area contributed by atoms with Crippen LogP contribution in [0.5, 0.6) is 0 Å². The zero-order valence-corrected chi connectivity index (χ0v) is 11.9. The fraction of sp³-hybridized carbons (Fsp3) is 0. The van der Waals surface area contributed by atoms with Crippen LogP contribution in [0.15, 0.2) is 29.2 Å². The minimum absolute atomic E-state index is 0. The Morgan fingerprint density at radius 2 is 1.83 bits per heavy atom. The molecule has 0 saturated heterocycles. The Morgan fingerprint density at radius 3 is 2.17 bits per heavy atom. The molecule has 0 fully saturated rings. The summed E-state index contributed by atoms with van der Waals surface area (Å²) >= 11 is 9.89. The molecular weight excluding hydrogens is 243 g/mol. The van der Waals surface area contributed by atoms with Crippen LogP contribution in [0.2, 0.25) is 5.02 Å². The summed E-state index contributed by atoms with van der Waals surface area (Å²) < 4.78 is 19.7. The molecule has 0 aliphatic carbocycles. The first kappa shape index (κ1) is 13.5. The van der Waals surface area contributed by atoms with Crippen LogP contribution in [0.3, 0.4) is 0 Å². The van der Waals surface area contributed by atoms with Crippen molar-refractivity contribution < 1.29 is 61.6 Å². The van der Waals surface area contributed by atoms with E-state index in [0.717, 1.165) is 0 Å². The van der Waals surface area contributed by atoms with Gasteiger partial charge in [0, 0.05) is 16.2 Å². The smallest absolute Gasteiger partial charge is 1.00 e. The minimum atomic E-state index is -3.24. The minimum Gasteiger partial charge on any atom is -1.00 e. The fourth-order valence-electron chi connectivity index (χ4n) is 0.607. The molecule has 2 nitrogen and oxygen atoms in total. The van der Waals surface area contributed by atoms with Crippen LogP contribution in [0.4, 0.5) is 0 Å². The monoisotopic (exact) mass is 248 g/mol. The fourth-order valence-corrected chi connectivity index (χ4v) is 1.55. The zero-order valence-electron chi connectivity index (χ0n) is 7.36. The van der Waals surface area contributed by atoms with Crippen molar-refractivity contribution in [1.29, 1.82) is 0 Å². The summed E-state index contributed by atoms with van der Waals surface area (Å²) in [7, 11) is -3.24. The van der Waals surface area contributed by atoms with Gasteiger partial charge in [0.2, 0.25) is 0 Å². The maximum absolute atomic E-state index is 10.8. The van der Waals surface area contributed by atoms with Crippen molar-refractivity contribution in [3.63, 3.8) is 0 Å². The molecule has 1 rings (SSSR count). The molecule has 6 heteroatoms. The van der Waals surface area contributed by atoms with Crippen LogP contribution in [0, 0.1) is 0 Å². The topological polar surface area (TPSA) is 37.3 Å². The van der Waals surface area contributed by atoms with Crippen LogP contribution >= 0.6 is 11.6 Å². The molecule has 0 amide bonds. The first-order valence-electron chi connectivity index (χ1n) is 2.73. The molecule has 0 aliphatic heterocycles. The average molecular weight is 249 g/mol. The van der Waals surface area contributed by atoms with Crippen LogP contribution in [-0.2, 0) is 20.0 Å². The molecule has 0 radical (unpaired) electrons. The van der Waals surface area contributed by atoms with Gasteiger partial charge in [-0.25, -0.2) is 4.21 Å². The van der Waals surface area contributed by atoms with Gasteiger partial charge in [-0.3, -0.25) is 0 Å². The third-order valence-corrected chi connectivity index (χ3v) is 2.81. The average Bonchev–Trinajstić information content (AvgIpc) is 1.86. The molecule has 0 heterocycles. The Bertz CT molecular complexity index is 351. The van der Waals surface area contributed by atoms with Gasteiger partial charge in [0.1, 0.15) is 0 Å². The Hall–Kier alpha value is 1.48. The summed E-state index contributed by atoms with van der Waals surface area (Å²) in [5, 5.41) is 0.521. The maximum atomic E-state index is 10.8. The van der Waals surface area contributed by atoms with Crippen molar-refractivity contribution in [2.45, 2.75) is 4.90 Å². The SMILES string of the molecule is O=S(O)(=S)c1ccc(Cl)cc1.[H-].[K+]. The molecule has 12 heavy (non-hydrogen) atoms. The van der Waals surface area contributed by atoms with Crippen molar-refractivity contribution in [2.75, 3.05) is 0 Å². The summed E-state index contributed by atoms with van der Waals surface area (Å²) in [6, 6.07) is 5.94. The Kier molecular flexibility index (Phi) is 6.04. The van der Waals surface area contributed by atoms with E-state index in [-0.39, 0.29) is 57.7 Å². The molecule has 0 bridgehead atoms. The van der Waals surface area contributed by atoms with E-state index >= 15 is 0 Å². The van der Waals surface area contributed by atoms with Gasteiger partial charge in [-0.1, -0.05) is 11.6 Å².